The van der Waals surface area contributed by atoms with Gasteiger partial charge in [-0.25, -0.2) is 0 Å². The van der Waals surface area contributed by atoms with Crippen LogP contribution in [0, 0.1) is 6.92 Å². The third-order valence-electron chi connectivity index (χ3n) is 4.90. The molecule has 0 saturated carbocycles. The lowest BCUT2D eigenvalue weighted by molar-refractivity contribution is -0.114. The van der Waals surface area contributed by atoms with Crippen LogP contribution in [0.3, 0.4) is 0 Å². The first-order valence-electron chi connectivity index (χ1n) is 9.76. The minimum Gasteiger partial charge on any atom is -0.487 e. The van der Waals surface area contributed by atoms with Crippen LogP contribution in [-0.2, 0) is 11.4 Å². The molecule has 156 valence electrons. The minimum absolute atomic E-state index is 0.218. The summed E-state index contributed by atoms with van der Waals surface area (Å²) in [4.78, 5) is 13.0. The van der Waals surface area contributed by atoms with Crippen LogP contribution in [0.15, 0.2) is 77.4 Å². The molecule has 0 unspecified atom stereocenters. The van der Waals surface area contributed by atoms with E-state index in [0.29, 0.717) is 44.9 Å². The molecule has 31 heavy (non-hydrogen) atoms. The van der Waals surface area contributed by atoms with Gasteiger partial charge in [-0.05, 0) is 49.8 Å². The molecule has 1 aliphatic rings. The quantitative estimate of drug-likeness (QED) is 0.406. The second-order valence-corrected chi connectivity index (χ2v) is 8.12. The van der Waals surface area contributed by atoms with Crippen molar-refractivity contribution in [1.82, 2.24) is 0 Å². The number of carbonyl (C=O) groups excluding carboxylic acids is 1. The van der Waals surface area contributed by atoms with E-state index < -0.39 is 0 Å². The molecule has 4 nitrogen and oxygen atoms in total. The van der Waals surface area contributed by atoms with Gasteiger partial charge in [-0.3, -0.25) is 4.79 Å². The topological polar surface area (TPSA) is 41.9 Å². The Morgan fingerprint density at radius 2 is 1.71 bits per heavy atom. The van der Waals surface area contributed by atoms with Gasteiger partial charge < -0.3 is 4.74 Å². The van der Waals surface area contributed by atoms with Crippen molar-refractivity contribution in [3.63, 3.8) is 0 Å². The van der Waals surface area contributed by atoms with E-state index in [1.54, 1.807) is 25.1 Å². The van der Waals surface area contributed by atoms with Crippen LogP contribution >= 0.6 is 23.2 Å². The summed E-state index contributed by atoms with van der Waals surface area (Å²) >= 11 is 12.7. The number of hydrogen-bond donors (Lipinski definition) is 0. The summed E-state index contributed by atoms with van der Waals surface area (Å²) in [7, 11) is 0. The molecule has 0 N–H and O–H groups in total. The molecule has 0 aromatic heterocycles. The van der Waals surface area contributed by atoms with Crippen LogP contribution < -0.4 is 9.75 Å². The molecule has 3 aromatic rings. The third-order valence-corrected chi connectivity index (χ3v) is 5.40. The number of nitrogens with zero attached hydrogens (tertiary/aromatic N) is 2. The van der Waals surface area contributed by atoms with Crippen molar-refractivity contribution in [3.05, 3.63) is 99.0 Å². The molecule has 0 radical (unpaired) electrons. The number of hydrazone groups is 1. The number of anilines is 1. The average Bonchev–Trinajstić information content (AvgIpc) is 3.03. The number of ether oxygens (including phenoxy) is 1. The third kappa shape index (κ3) is 4.66. The maximum atomic E-state index is 13.0. The van der Waals surface area contributed by atoms with Crippen LogP contribution in [-0.4, -0.2) is 11.6 Å². The molecular weight excluding hydrogens is 431 g/mol. The Labute approximate surface area is 191 Å². The van der Waals surface area contributed by atoms with Gasteiger partial charge in [0.2, 0.25) is 0 Å². The zero-order valence-electron chi connectivity index (χ0n) is 17.1. The summed E-state index contributed by atoms with van der Waals surface area (Å²) in [5, 5.41) is 6.65. The van der Waals surface area contributed by atoms with Gasteiger partial charge in [0.15, 0.2) is 0 Å². The fourth-order valence-electron chi connectivity index (χ4n) is 3.26. The predicted molar refractivity (Wildman–Crippen MR) is 127 cm³/mol. The van der Waals surface area contributed by atoms with E-state index in [4.69, 9.17) is 27.9 Å². The second kappa shape index (κ2) is 8.96. The Bertz CT molecular complexity index is 1190. The molecule has 0 saturated heterocycles. The van der Waals surface area contributed by atoms with Crippen LogP contribution in [0.4, 0.5) is 5.69 Å². The lowest BCUT2D eigenvalue weighted by Gasteiger charge is -2.13. The predicted octanol–water partition coefficient (Wildman–Crippen LogP) is 6.69. The van der Waals surface area contributed by atoms with Crippen LogP contribution in [0.25, 0.3) is 6.08 Å². The highest BCUT2D eigenvalue weighted by atomic mass is 35.5. The zero-order valence-corrected chi connectivity index (χ0v) is 18.6. The van der Waals surface area contributed by atoms with E-state index in [-0.39, 0.29) is 5.91 Å². The Balaban J connectivity index is 1.66. The summed E-state index contributed by atoms with van der Waals surface area (Å²) in [5.41, 5.74) is 4.58. The van der Waals surface area contributed by atoms with Gasteiger partial charge in [0.25, 0.3) is 5.91 Å². The maximum Gasteiger partial charge on any atom is 0.280 e. The fourth-order valence-corrected chi connectivity index (χ4v) is 3.83. The number of para-hydroxylation sites is 1. The first-order valence-corrected chi connectivity index (χ1v) is 10.5. The zero-order chi connectivity index (χ0) is 22.0. The van der Waals surface area contributed by atoms with Crippen LogP contribution in [0.2, 0.25) is 10.0 Å². The first-order chi connectivity index (χ1) is 14.9. The molecule has 3 aromatic carbocycles. The van der Waals surface area contributed by atoms with Crippen LogP contribution in [0.1, 0.15) is 23.6 Å². The van der Waals surface area contributed by atoms with Crippen LogP contribution in [0.5, 0.6) is 5.75 Å². The van der Waals surface area contributed by atoms with E-state index in [9.17, 15) is 4.79 Å². The van der Waals surface area contributed by atoms with Gasteiger partial charge in [-0.15, -0.1) is 0 Å². The molecule has 4 rings (SSSR count). The highest BCUT2D eigenvalue weighted by molar-refractivity contribution is 6.36. The number of amides is 1. The highest BCUT2D eigenvalue weighted by Gasteiger charge is 2.29. The van der Waals surface area contributed by atoms with Gasteiger partial charge in [-0.1, -0.05) is 71.2 Å². The van der Waals surface area contributed by atoms with E-state index in [0.717, 1.165) is 5.56 Å². The van der Waals surface area contributed by atoms with Crippen molar-refractivity contribution in [2.45, 2.75) is 20.5 Å². The van der Waals surface area contributed by atoms with Crippen molar-refractivity contribution in [1.29, 1.82) is 0 Å². The lowest BCUT2D eigenvalue weighted by atomic mass is 10.1. The van der Waals surface area contributed by atoms with Crippen molar-refractivity contribution < 1.29 is 9.53 Å². The number of halogens is 2. The number of carbonyl (C=O) groups is 1. The van der Waals surface area contributed by atoms with Crippen molar-refractivity contribution >= 4 is 46.6 Å². The monoisotopic (exact) mass is 450 g/mol. The molecule has 0 aliphatic carbocycles. The molecule has 1 amide bonds. The van der Waals surface area contributed by atoms with E-state index >= 15 is 0 Å². The molecule has 0 atom stereocenters. The number of hydrogen-bond acceptors (Lipinski definition) is 3. The molecule has 0 fully saturated rings. The first kappa shape index (κ1) is 21.2. The van der Waals surface area contributed by atoms with Gasteiger partial charge in [0.05, 0.1) is 22.0 Å². The molecule has 6 heteroatoms. The summed E-state index contributed by atoms with van der Waals surface area (Å²) in [5.74, 6) is 0.252. The van der Waals surface area contributed by atoms with Crippen molar-refractivity contribution in [3.8, 4) is 5.75 Å². The standard InChI is InChI=1S/C25H20Cl2N2O2/c1-16-8-10-18(11-9-16)15-31-24-19(12-20(26)14-23(24)27)13-22-17(2)28-29(25(22)30)21-6-4-3-5-7-21/h3-14H,15H2,1-2H3/b22-13+. The molecular formula is C25H20Cl2N2O2. The second-order valence-electron chi connectivity index (χ2n) is 7.28. The summed E-state index contributed by atoms with van der Waals surface area (Å²) in [6.07, 6.45) is 1.73. The normalized spacial score (nSPS) is 14.8. The highest BCUT2D eigenvalue weighted by Crippen LogP contribution is 2.35. The fraction of sp³-hybridized carbons (Fsp3) is 0.120. The Hall–Kier alpha value is -3.08. The number of rotatable bonds is 5. The number of benzene rings is 3. The Morgan fingerprint density at radius 1 is 1.00 bits per heavy atom. The minimum atomic E-state index is -0.218. The smallest absolute Gasteiger partial charge is 0.280 e. The van der Waals surface area contributed by atoms with Gasteiger partial charge >= 0.3 is 0 Å². The largest absolute Gasteiger partial charge is 0.487 e. The lowest BCUT2D eigenvalue weighted by Crippen LogP contribution is -2.21. The summed E-state index contributed by atoms with van der Waals surface area (Å²) in [6.45, 7) is 4.17. The van der Waals surface area contributed by atoms with Gasteiger partial charge in [0.1, 0.15) is 12.4 Å². The van der Waals surface area contributed by atoms with Gasteiger partial charge in [-0.2, -0.15) is 10.1 Å². The van der Waals surface area contributed by atoms with E-state index in [1.807, 2.05) is 61.5 Å². The van der Waals surface area contributed by atoms with E-state index in [1.165, 1.54) is 10.6 Å². The summed E-state index contributed by atoms with van der Waals surface area (Å²) < 4.78 is 6.04. The maximum absolute atomic E-state index is 13.0. The van der Waals surface area contributed by atoms with E-state index in [2.05, 4.69) is 5.10 Å². The Kier molecular flexibility index (Phi) is 6.12. The SMILES string of the molecule is CC1=NN(c2ccccc2)C(=O)/C1=C/c1cc(Cl)cc(Cl)c1OCc1ccc(C)cc1. The molecule has 0 spiro atoms. The van der Waals surface area contributed by atoms with Crippen molar-refractivity contribution in [2.24, 2.45) is 5.10 Å². The molecule has 1 aliphatic heterocycles. The summed E-state index contributed by atoms with van der Waals surface area (Å²) in [6, 6.07) is 20.7. The average molecular weight is 451 g/mol. The number of aryl methyl sites for hydroxylation is 1. The van der Waals surface area contributed by atoms with Gasteiger partial charge in [0, 0.05) is 10.6 Å². The van der Waals surface area contributed by atoms with Crippen molar-refractivity contribution in [2.75, 3.05) is 5.01 Å². The Morgan fingerprint density at radius 3 is 2.42 bits per heavy atom. The molecule has 0 bridgehead atoms. The molecule has 1 heterocycles.